The molecule has 0 fully saturated rings. The Morgan fingerprint density at radius 3 is 2.82 bits per heavy atom. The van der Waals surface area contributed by atoms with E-state index in [-0.39, 0.29) is 11.5 Å². The minimum absolute atomic E-state index is 0.0642. The van der Waals surface area contributed by atoms with Gasteiger partial charge in [-0.25, -0.2) is 4.79 Å². The number of carbonyl (C=O) groups is 2. The second kappa shape index (κ2) is 6.48. The summed E-state index contributed by atoms with van der Waals surface area (Å²) in [6.07, 6.45) is 2.73. The molecule has 2 N–H and O–H groups in total. The van der Waals surface area contributed by atoms with Crippen LogP contribution >= 0.6 is 0 Å². The third-order valence-electron chi connectivity index (χ3n) is 2.24. The van der Waals surface area contributed by atoms with Gasteiger partial charge in [0.15, 0.2) is 0 Å². The molecule has 0 unspecified atom stereocenters. The lowest BCUT2D eigenvalue weighted by Gasteiger charge is -2.05. The topological polar surface area (TPSA) is 66.4 Å². The van der Waals surface area contributed by atoms with Crippen LogP contribution in [0.25, 0.3) is 0 Å². The van der Waals surface area contributed by atoms with E-state index in [2.05, 4.69) is 11.9 Å². The van der Waals surface area contributed by atoms with Gasteiger partial charge < -0.3 is 10.4 Å². The second-order valence-corrected chi connectivity index (χ2v) is 3.61. The molecule has 0 saturated heterocycles. The number of aromatic carboxylic acids is 1. The second-order valence-electron chi connectivity index (χ2n) is 3.61. The van der Waals surface area contributed by atoms with Gasteiger partial charge in [0.25, 0.3) is 0 Å². The number of nitrogens with one attached hydrogen (secondary N) is 1. The first-order chi connectivity index (χ1) is 8.13. The molecule has 1 aromatic carbocycles. The fourth-order valence-electron chi connectivity index (χ4n) is 1.34. The Kier molecular flexibility index (Phi) is 4.94. The van der Waals surface area contributed by atoms with Gasteiger partial charge in [0.05, 0.1) is 5.56 Å². The summed E-state index contributed by atoms with van der Waals surface area (Å²) in [5.74, 6) is -1.03. The Morgan fingerprint density at radius 1 is 1.41 bits per heavy atom. The number of carbonyl (C=O) groups excluding carboxylic acids is 1. The number of rotatable bonds is 6. The summed E-state index contributed by atoms with van der Waals surface area (Å²) in [4.78, 5) is 22.1. The highest BCUT2D eigenvalue weighted by molar-refractivity contribution is 5.87. The molecule has 0 radical (unpaired) electrons. The van der Waals surface area contributed by atoms with E-state index in [1.807, 2.05) is 0 Å². The Hall–Kier alpha value is -2.10. The molecule has 17 heavy (non-hydrogen) atoms. The first-order valence-electron chi connectivity index (χ1n) is 5.33. The van der Waals surface area contributed by atoms with E-state index in [1.54, 1.807) is 24.3 Å². The number of carboxylic acid groups (broad SMARTS) is 1. The van der Waals surface area contributed by atoms with Gasteiger partial charge in [-0.3, -0.25) is 4.79 Å². The number of amides is 1. The van der Waals surface area contributed by atoms with Crippen molar-refractivity contribution in [3.05, 3.63) is 48.0 Å². The number of allylic oxidation sites excluding steroid dienone is 1. The summed E-state index contributed by atoms with van der Waals surface area (Å²) in [5, 5.41) is 11.5. The SMILES string of the molecule is C=CCCC(=O)NCc1cccc(C(=O)O)c1. The van der Waals surface area contributed by atoms with Crippen LogP contribution in [0.15, 0.2) is 36.9 Å². The van der Waals surface area contributed by atoms with Gasteiger partial charge in [-0.2, -0.15) is 0 Å². The average Bonchev–Trinajstić information content (AvgIpc) is 2.34. The fourth-order valence-corrected chi connectivity index (χ4v) is 1.34. The summed E-state index contributed by atoms with van der Waals surface area (Å²) in [7, 11) is 0. The Bertz CT molecular complexity index is 426. The maximum absolute atomic E-state index is 11.3. The largest absolute Gasteiger partial charge is 0.478 e. The molecule has 0 aliphatic rings. The molecule has 0 aromatic heterocycles. The molecule has 0 bridgehead atoms. The van der Waals surface area contributed by atoms with Crippen molar-refractivity contribution < 1.29 is 14.7 Å². The minimum Gasteiger partial charge on any atom is -0.478 e. The van der Waals surface area contributed by atoms with Crippen LogP contribution in [0.1, 0.15) is 28.8 Å². The van der Waals surface area contributed by atoms with Crippen LogP contribution in [0, 0.1) is 0 Å². The molecule has 0 spiro atoms. The number of hydrogen-bond donors (Lipinski definition) is 2. The third kappa shape index (κ3) is 4.51. The zero-order valence-electron chi connectivity index (χ0n) is 9.48. The van der Waals surface area contributed by atoms with Crippen LogP contribution in [0.2, 0.25) is 0 Å². The minimum atomic E-state index is -0.968. The van der Waals surface area contributed by atoms with Gasteiger partial charge in [-0.1, -0.05) is 18.2 Å². The van der Waals surface area contributed by atoms with Crippen LogP contribution < -0.4 is 5.32 Å². The highest BCUT2D eigenvalue weighted by Crippen LogP contribution is 2.05. The molecule has 1 amide bonds. The molecule has 1 rings (SSSR count). The van der Waals surface area contributed by atoms with Gasteiger partial charge in [0, 0.05) is 13.0 Å². The van der Waals surface area contributed by atoms with Gasteiger partial charge >= 0.3 is 5.97 Å². The summed E-state index contributed by atoms with van der Waals surface area (Å²) in [6, 6.07) is 6.51. The molecule has 90 valence electrons. The maximum Gasteiger partial charge on any atom is 0.335 e. The van der Waals surface area contributed by atoms with E-state index in [1.165, 1.54) is 6.07 Å². The molecule has 0 saturated carbocycles. The monoisotopic (exact) mass is 233 g/mol. The molecule has 0 atom stereocenters. The standard InChI is InChI=1S/C13H15NO3/c1-2-3-7-12(15)14-9-10-5-4-6-11(8-10)13(16)17/h2,4-6,8H,1,3,7,9H2,(H,14,15)(H,16,17). The fraction of sp³-hybridized carbons (Fsp3) is 0.231. The Morgan fingerprint density at radius 2 is 2.18 bits per heavy atom. The third-order valence-corrected chi connectivity index (χ3v) is 2.24. The molecule has 0 heterocycles. The normalized spacial score (nSPS) is 9.65. The van der Waals surface area contributed by atoms with E-state index in [4.69, 9.17) is 5.11 Å². The van der Waals surface area contributed by atoms with Gasteiger partial charge in [0.1, 0.15) is 0 Å². The van der Waals surface area contributed by atoms with E-state index in [0.717, 1.165) is 5.56 Å². The number of hydrogen-bond acceptors (Lipinski definition) is 2. The van der Waals surface area contributed by atoms with E-state index >= 15 is 0 Å². The van der Waals surface area contributed by atoms with Crippen molar-refractivity contribution in [2.45, 2.75) is 19.4 Å². The predicted molar refractivity (Wildman–Crippen MR) is 64.7 cm³/mol. The maximum atomic E-state index is 11.3. The van der Waals surface area contributed by atoms with Crippen molar-refractivity contribution in [2.24, 2.45) is 0 Å². The van der Waals surface area contributed by atoms with Gasteiger partial charge in [-0.15, -0.1) is 6.58 Å². The van der Waals surface area contributed by atoms with E-state index in [0.29, 0.717) is 19.4 Å². The molecule has 0 aliphatic carbocycles. The zero-order chi connectivity index (χ0) is 12.7. The van der Waals surface area contributed by atoms with Crippen LogP contribution in [-0.4, -0.2) is 17.0 Å². The van der Waals surface area contributed by atoms with Crippen molar-refractivity contribution >= 4 is 11.9 Å². The van der Waals surface area contributed by atoms with E-state index < -0.39 is 5.97 Å². The predicted octanol–water partition coefficient (Wildman–Crippen LogP) is 1.97. The molecule has 0 aliphatic heterocycles. The van der Waals surface area contributed by atoms with Gasteiger partial charge in [-0.05, 0) is 24.1 Å². The number of benzene rings is 1. The summed E-state index contributed by atoms with van der Waals surface area (Å²) in [6.45, 7) is 3.88. The van der Waals surface area contributed by atoms with Crippen molar-refractivity contribution in [2.75, 3.05) is 0 Å². The molecule has 4 nitrogen and oxygen atoms in total. The Labute approximate surface area is 100.0 Å². The molecule has 4 heteroatoms. The number of carboxylic acids is 1. The lowest BCUT2D eigenvalue weighted by molar-refractivity contribution is -0.121. The van der Waals surface area contributed by atoms with Crippen LogP contribution in [0.3, 0.4) is 0 Å². The van der Waals surface area contributed by atoms with Gasteiger partial charge in [0.2, 0.25) is 5.91 Å². The lowest BCUT2D eigenvalue weighted by Crippen LogP contribution is -2.22. The van der Waals surface area contributed by atoms with Crippen LogP contribution in [-0.2, 0) is 11.3 Å². The molecular weight excluding hydrogens is 218 g/mol. The smallest absolute Gasteiger partial charge is 0.335 e. The van der Waals surface area contributed by atoms with Crippen LogP contribution in [0.5, 0.6) is 0 Å². The molecule has 1 aromatic rings. The van der Waals surface area contributed by atoms with Crippen molar-refractivity contribution in [1.82, 2.24) is 5.32 Å². The quantitative estimate of drug-likeness (QED) is 0.738. The molecular formula is C13H15NO3. The Balaban J connectivity index is 2.51. The lowest BCUT2D eigenvalue weighted by atomic mass is 10.1. The summed E-state index contributed by atoms with van der Waals surface area (Å²) >= 11 is 0. The van der Waals surface area contributed by atoms with Crippen LogP contribution in [0.4, 0.5) is 0 Å². The van der Waals surface area contributed by atoms with Crippen molar-refractivity contribution in [3.63, 3.8) is 0 Å². The average molecular weight is 233 g/mol. The first kappa shape index (κ1) is 13.0. The highest BCUT2D eigenvalue weighted by Gasteiger charge is 2.04. The van der Waals surface area contributed by atoms with Crippen molar-refractivity contribution in [3.8, 4) is 0 Å². The van der Waals surface area contributed by atoms with E-state index in [9.17, 15) is 9.59 Å². The zero-order valence-corrected chi connectivity index (χ0v) is 9.48. The highest BCUT2D eigenvalue weighted by atomic mass is 16.4. The summed E-state index contributed by atoms with van der Waals surface area (Å²) < 4.78 is 0. The summed E-state index contributed by atoms with van der Waals surface area (Å²) in [5.41, 5.74) is 1.000. The van der Waals surface area contributed by atoms with Crippen molar-refractivity contribution in [1.29, 1.82) is 0 Å². The first-order valence-corrected chi connectivity index (χ1v) is 5.33.